The monoisotopic (exact) mass is 192 g/mol. The minimum atomic E-state index is -0.250. The summed E-state index contributed by atoms with van der Waals surface area (Å²) in [5.41, 5.74) is 0.979. The largest absolute Gasteiger partial charge is 0.392 e. The Labute approximate surface area is 84.2 Å². The first-order chi connectivity index (χ1) is 6.86. The minimum Gasteiger partial charge on any atom is -0.392 e. The van der Waals surface area contributed by atoms with Gasteiger partial charge < -0.3 is 10.4 Å². The van der Waals surface area contributed by atoms with Crippen LogP contribution in [0.2, 0.25) is 0 Å². The lowest BCUT2D eigenvalue weighted by atomic mass is 9.97. The first-order valence-electron chi connectivity index (χ1n) is 5.15. The fourth-order valence-electron chi connectivity index (χ4n) is 1.91. The molecule has 0 aliphatic carbocycles. The van der Waals surface area contributed by atoms with Gasteiger partial charge in [0.05, 0.1) is 6.10 Å². The van der Waals surface area contributed by atoms with Crippen LogP contribution in [0.1, 0.15) is 12.1 Å². The van der Waals surface area contributed by atoms with Crippen molar-refractivity contribution in [3.05, 3.63) is 30.1 Å². The lowest BCUT2D eigenvalue weighted by Gasteiger charge is -2.16. The SMILES string of the molecule is OC(Cc1ccccn1)[C@@H]1CCNC1. The summed E-state index contributed by atoms with van der Waals surface area (Å²) in [5.74, 6) is 0.400. The molecule has 1 aliphatic heterocycles. The van der Waals surface area contributed by atoms with Crippen LogP contribution in [0.4, 0.5) is 0 Å². The summed E-state index contributed by atoms with van der Waals surface area (Å²) in [6.45, 7) is 1.97. The summed E-state index contributed by atoms with van der Waals surface area (Å²) in [4.78, 5) is 4.21. The average Bonchev–Trinajstić information content (AvgIpc) is 2.72. The zero-order valence-electron chi connectivity index (χ0n) is 8.19. The highest BCUT2D eigenvalue weighted by Gasteiger charge is 2.23. The van der Waals surface area contributed by atoms with Gasteiger partial charge in [0.25, 0.3) is 0 Å². The second kappa shape index (κ2) is 4.53. The molecule has 14 heavy (non-hydrogen) atoms. The molecule has 0 saturated carbocycles. The number of aliphatic hydroxyl groups is 1. The molecule has 1 aromatic heterocycles. The highest BCUT2D eigenvalue weighted by Crippen LogP contribution is 2.15. The first-order valence-corrected chi connectivity index (χ1v) is 5.15. The van der Waals surface area contributed by atoms with E-state index in [2.05, 4.69) is 10.3 Å². The Hall–Kier alpha value is -0.930. The van der Waals surface area contributed by atoms with Crippen LogP contribution in [0, 0.1) is 5.92 Å². The Morgan fingerprint density at radius 3 is 3.14 bits per heavy atom. The van der Waals surface area contributed by atoms with Crippen molar-refractivity contribution in [2.45, 2.75) is 18.9 Å². The highest BCUT2D eigenvalue weighted by molar-refractivity contribution is 5.05. The van der Waals surface area contributed by atoms with Crippen LogP contribution >= 0.6 is 0 Å². The van der Waals surface area contributed by atoms with E-state index in [-0.39, 0.29) is 6.10 Å². The summed E-state index contributed by atoms with van der Waals surface area (Å²) in [6.07, 6.45) is 3.27. The first kappa shape index (κ1) is 9.62. The quantitative estimate of drug-likeness (QED) is 0.737. The van der Waals surface area contributed by atoms with Crippen LogP contribution in [0.15, 0.2) is 24.4 Å². The number of hydrogen-bond donors (Lipinski definition) is 2. The zero-order chi connectivity index (χ0) is 9.80. The lowest BCUT2D eigenvalue weighted by Crippen LogP contribution is -2.25. The number of hydrogen-bond acceptors (Lipinski definition) is 3. The van der Waals surface area contributed by atoms with Crippen LogP contribution in [0.25, 0.3) is 0 Å². The van der Waals surface area contributed by atoms with E-state index in [4.69, 9.17) is 0 Å². The molecule has 1 fully saturated rings. The van der Waals surface area contributed by atoms with Crippen molar-refractivity contribution in [3.63, 3.8) is 0 Å². The Morgan fingerprint density at radius 1 is 1.57 bits per heavy atom. The van der Waals surface area contributed by atoms with Gasteiger partial charge in [0.1, 0.15) is 0 Å². The number of pyridine rings is 1. The predicted molar refractivity (Wildman–Crippen MR) is 54.9 cm³/mol. The normalized spacial score (nSPS) is 23.6. The van der Waals surface area contributed by atoms with Crippen molar-refractivity contribution in [1.29, 1.82) is 0 Å². The maximum absolute atomic E-state index is 9.92. The number of nitrogens with one attached hydrogen (secondary N) is 1. The standard InChI is InChI=1S/C11H16N2O/c14-11(9-4-6-12-8-9)7-10-3-1-2-5-13-10/h1-3,5,9,11-12,14H,4,6-8H2/t9-,11?/m1/s1. The Morgan fingerprint density at radius 2 is 2.50 bits per heavy atom. The molecule has 1 aliphatic rings. The molecule has 0 bridgehead atoms. The van der Waals surface area contributed by atoms with Crippen molar-refractivity contribution in [2.75, 3.05) is 13.1 Å². The van der Waals surface area contributed by atoms with Gasteiger partial charge in [0.15, 0.2) is 0 Å². The summed E-state index contributed by atoms with van der Waals surface area (Å²) in [5, 5.41) is 13.2. The molecule has 0 aromatic carbocycles. The van der Waals surface area contributed by atoms with E-state index in [9.17, 15) is 5.11 Å². The molecule has 2 N–H and O–H groups in total. The average molecular weight is 192 g/mol. The van der Waals surface area contributed by atoms with E-state index in [0.717, 1.165) is 25.2 Å². The van der Waals surface area contributed by atoms with Gasteiger partial charge in [-0.15, -0.1) is 0 Å². The molecule has 0 amide bonds. The van der Waals surface area contributed by atoms with E-state index in [0.29, 0.717) is 12.3 Å². The zero-order valence-corrected chi connectivity index (χ0v) is 8.19. The van der Waals surface area contributed by atoms with Gasteiger partial charge in [0.2, 0.25) is 0 Å². The van der Waals surface area contributed by atoms with Crippen LogP contribution in [0.5, 0.6) is 0 Å². The third-order valence-corrected chi connectivity index (χ3v) is 2.79. The molecule has 1 aromatic rings. The van der Waals surface area contributed by atoms with Crippen LogP contribution < -0.4 is 5.32 Å². The van der Waals surface area contributed by atoms with E-state index < -0.39 is 0 Å². The summed E-state index contributed by atoms with van der Waals surface area (Å²) >= 11 is 0. The van der Waals surface area contributed by atoms with Crippen LogP contribution in [-0.4, -0.2) is 29.3 Å². The van der Waals surface area contributed by atoms with Gasteiger partial charge in [-0.25, -0.2) is 0 Å². The third kappa shape index (κ3) is 2.30. The maximum atomic E-state index is 9.92. The smallest absolute Gasteiger partial charge is 0.0636 e. The van der Waals surface area contributed by atoms with Crippen LogP contribution in [-0.2, 0) is 6.42 Å². The molecular formula is C11H16N2O. The van der Waals surface area contributed by atoms with E-state index in [1.165, 1.54) is 0 Å². The van der Waals surface area contributed by atoms with Gasteiger partial charge in [-0.3, -0.25) is 4.98 Å². The summed E-state index contributed by atoms with van der Waals surface area (Å²) in [7, 11) is 0. The molecule has 2 atom stereocenters. The number of rotatable bonds is 3. The predicted octanol–water partition coefficient (Wildman–Crippen LogP) is 0.594. The number of nitrogens with zero attached hydrogens (tertiary/aromatic N) is 1. The van der Waals surface area contributed by atoms with Crippen molar-refractivity contribution in [1.82, 2.24) is 10.3 Å². The van der Waals surface area contributed by atoms with Crippen LogP contribution in [0.3, 0.4) is 0 Å². The second-order valence-electron chi connectivity index (χ2n) is 3.85. The lowest BCUT2D eigenvalue weighted by molar-refractivity contribution is 0.116. The molecule has 1 saturated heterocycles. The molecule has 2 heterocycles. The van der Waals surface area contributed by atoms with Gasteiger partial charge in [-0.05, 0) is 31.0 Å². The van der Waals surface area contributed by atoms with Gasteiger partial charge in [-0.1, -0.05) is 6.07 Å². The molecule has 2 rings (SSSR count). The van der Waals surface area contributed by atoms with Gasteiger partial charge >= 0.3 is 0 Å². The molecule has 0 spiro atoms. The summed E-state index contributed by atoms with van der Waals surface area (Å²) in [6, 6.07) is 5.82. The van der Waals surface area contributed by atoms with Crippen molar-refractivity contribution >= 4 is 0 Å². The van der Waals surface area contributed by atoms with E-state index >= 15 is 0 Å². The van der Waals surface area contributed by atoms with Crippen molar-refractivity contribution < 1.29 is 5.11 Å². The van der Waals surface area contributed by atoms with Crippen molar-refractivity contribution in [2.24, 2.45) is 5.92 Å². The fourth-order valence-corrected chi connectivity index (χ4v) is 1.91. The molecule has 3 heteroatoms. The van der Waals surface area contributed by atoms with E-state index in [1.807, 2.05) is 18.2 Å². The fraction of sp³-hybridized carbons (Fsp3) is 0.545. The van der Waals surface area contributed by atoms with Gasteiger partial charge in [-0.2, -0.15) is 0 Å². The highest BCUT2D eigenvalue weighted by atomic mass is 16.3. The second-order valence-corrected chi connectivity index (χ2v) is 3.85. The Kier molecular flexibility index (Phi) is 3.11. The summed E-state index contributed by atoms with van der Waals surface area (Å²) < 4.78 is 0. The molecular weight excluding hydrogens is 176 g/mol. The molecule has 1 unspecified atom stereocenters. The van der Waals surface area contributed by atoms with Crippen molar-refractivity contribution in [3.8, 4) is 0 Å². The molecule has 76 valence electrons. The van der Waals surface area contributed by atoms with Gasteiger partial charge in [0, 0.05) is 24.9 Å². The minimum absolute atomic E-state index is 0.250. The third-order valence-electron chi connectivity index (χ3n) is 2.79. The Balaban J connectivity index is 1.90. The molecule has 3 nitrogen and oxygen atoms in total. The van der Waals surface area contributed by atoms with E-state index in [1.54, 1.807) is 6.20 Å². The number of aliphatic hydroxyl groups excluding tert-OH is 1. The topological polar surface area (TPSA) is 45.2 Å². The Bertz CT molecular complexity index is 270. The maximum Gasteiger partial charge on any atom is 0.0636 e. The number of aromatic nitrogens is 1. The molecule has 0 radical (unpaired) electrons.